The molecule has 0 saturated heterocycles. The third kappa shape index (κ3) is 2.39. The summed E-state index contributed by atoms with van der Waals surface area (Å²) in [6.07, 6.45) is 8.37. The van der Waals surface area contributed by atoms with Gasteiger partial charge in [0.05, 0.1) is 11.4 Å². The number of nitrogens with zero attached hydrogens (tertiary/aromatic N) is 5. The molecule has 3 aromatic rings. The third-order valence-corrected chi connectivity index (χ3v) is 2.74. The van der Waals surface area contributed by atoms with Gasteiger partial charge >= 0.3 is 0 Å². The van der Waals surface area contributed by atoms with Crippen LogP contribution in [0.15, 0.2) is 61.4 Å². The average Bonchev–Trinajstić information content (AvgIpc) is 2.50. The molecule has 0 atom stereocenters. The standard InChI is InChI=1S/C14H12N6/c15-13-9-14(19-10-18-13)20(11-1-5-16-6-2-11)12-3-7-17-8-4-12/h1-10H,(H2,15,18,19). The van der Waals surface area contributed by atoms with Crippen molar-refractivity contribution in [2.45, 2.75) is 0 Å². The summed E-state index contributed by atoms with van der Waals surface area (Å²) in [6, 6.07) is 9.33. The lowest BCUT2D eigenvalue weighted by Gasteiger charge is -2.23. The van der Waals surface area contributed by atoms with Gasteiger partial charge in [0.15, 0.2) is 0 Å². The van der Waals surface area contributed by atoms with Gasteiger partial charge in [0.2, 0.25) is 0 Å². The van der Waals surface area contributed by atoms with E-state index in [-0.39, 0.29) is 0 Å². The van der Waals surface area contributed by atoms with E-state index < -0.39 is 0 Å². The van der Waals surface area contributed by atoms with Gasteiger partial charge in [0, 0.05) is 30.9 Å². The van der Waals surface area contributed by atoms with Gasteiger partial charge < -0.3 is 5.73 Å². The van der Waals surface area contributed by atoms with Crippen molar-refractivity contribution in [1.82, 2.24) is 19.9 Å². The van der Waals surface area contributed by atoms with E-state index in [1.165, 1.54) is 6.33 Å². The molecule has 0 aliphatic rings. The maximum atomic E-state index is 5.75. The Morgan fingerprint density at radius 2 is 1.35 bits per heavy atom. The minimum atomic E-state index is 0.420. The highest BCUT2D eigenvalue weighted by Crippen LogP contribution is 2.32. The summed E-state index contributed by atoms with van der Waals surface area (Å²) in [5.74, 6) is 1.11. The molecule has 0 saturated carbocycles. The number of pyridine rings is 2. The zero-order valence-electron chi connectivity index (χ0n) is 10.6. The van der Waals surface area contributed by atoms with Gasteiger partial charge in [0.1, 0.15) is 18.0 Å². The van der Waals surface area contributed by atoms with Crippen molar-refractivity contribution in [3.63, 3.8) is 0 Å². The molecule has 98 valence electrons. The number of anilines is 4. The first-order valence-corrected chi connectivity index (χ1v) is 6.02. The fraction of sp³-hybridized carbons (Fsp3) is 0. The van der Waals surface area contributed by atoms with Gasteiger partial charge in [-0.05, 0) is 24.3 Å². The first-order chi connectivity index (χ1) is 9.84. The molecule has 6 heteroatoms. The fourth-order valence-corrected chi connectivity index (χ4v) is 1.88. The minimum Gasteiger partial charge on any atom is -0.384 e. The molecule has 0 spiro atoms. The molecule has 3 heterocycles. The summed E-state index contributed by atoms with van der Waals surface area (Å²) in [5, 5.41) is 0. The summed E-state index contributed by atoms with van der Waals surface area (Å²) in [7, 11) is 0. The van der Waals surface area contributed by atoms with Crippen LogP contribution in [0.1, 0.15) is 0 Å². The van der Waals surface area contributed by atoms with Crippen LogP contribution in [-0.2, 0) is 0 Å². The van der Waals surface area contributed by atoms with E-state index in [1.54, 1.807) is 30.9 Å². The molecule has 0 aliphatic carbocycles. The first-order valence-electron chi connectivity index (χ1n) is 6.02. The zero-order chi connectivity index (χ0) is 13.8. The molecule has 0 aromatic carbocycles. The molecule has 3 rings (SSSR count). The molecular formula is C14H12N6. The molecule has 20 heavy (non-hydrogen) atoms. The van der Waals surface area contributed by atoms with Crippen molar-refractivity contribution in [3.05, 3.63) is 61.4 Å². The van der Waals surface area contributed by atoms with Crippen LogP contribution in [0.25, 0.3) is 0 Å². The van der Waals surface area contributed by atoms with Crippen LogP contribution < -0.4 is 10.6 Å². The zero-order valence-corrected chi connectivity index (χ0v) is 10.6. The molecule has 0 radical (unpaired) electrons. The SMILES string of the molecule is Nc1cc(N(c2ccncc2)c2ccncc2)ncn1. The quantitative estimate of drug-likeness (QED) is 0.781. The van der Waals surface area contributed by atoms with Crippen LogP contribution in [0.2, 0.25) is 0 Å². The Balaban J connectivity index is 2.14. The second-order valence-corrected chi connectivity index (χ2v) is 4.05. The van der Waals surface area contributed by atoms with E-state index >= 15 is 0 Å². The van der Waals surface area contributed by atoms with E-state index in [1.807, 2.05) is 29.2 Å². The van der Waals surface area contributed by atoms with E-state index in [9.17, 15) is 0 Å². The Labute approximate surface area is 116 Å². The number of hydrogen-bond acceptors (Lipinski definition) is 6. The number of rotatable bonds is 3. The lowest BCUT2D eigenvalue weighted by Crippen LogP contribution is -2.12. The normalized spacial score (nSPS) is 10.2. The van der Waals surface area contributed by atoms with Crippen LogP contribution in [0.3, 0.4) is 0 Å². The van der Waals surface area contributed by atoms with Crippen molar-refractivity contribution in [3.8, 4) is 0 Å². The second kappa shape index (κ2) is 5.31. The van der Waals surface area contributed by atoms with Gasteiger partial charge in [0.25, 0.3) is 0 Å². The van der Waals surface area contributed by atoms with Crippen molar-refractivity contribution < 1.29 is 0 Å². The predicted molar refractivity (Wildman–Crippen MR) is 76.7 cm³/mol. The highest BCUT2D eigenvalue weighted by molar-refractivity contribution is 5.74. The van der Waals surface area contributed by atoms with E-state index in [4.69, 9.17) is 5.73 Å². The van der Waals surface area contributed by atoms with Gasteiger partial charge in [-0.3, -0.25) is 14.9 Å². The van der Waals surface area contributed by atoms with Crippen molar-refractivity contribution in [2.75, 3.05) is 10.6 Å². The first kappa shape index (κ1) is 12.0. The summed E-state index contributed by atoms with van der Waals surface area (Å²) < 4.78 is 0. The molecule has 0 fully saturated rings. The molecule has 3 aromatic heterocycles. The lowest BCUT2D eigenvalue weighted by molar-refractivity contribution is 1.11. The maximum Gasteiger partial charge on any atom is 0.143 e. The Morgan fingerprint density at radius 3 is 1.85 bits per heavy atom. The Hall–Kier alpha value is -3.02. The van der Waals surface area contributed by atoms with Gasteiger partial charge in [-0.2, -0.15) is 0 Å². The summed E-state index contributed by atoms with van der Waals surface area (Å²) in [5.41, 5.74) is 7.62. The van der Waals surface area contributed by atoms with E-state index in [2.05, 4.69) is 19.9 Å². The van der Waals surface area contributed by atoms with E-state index in [0.29, 0.717) is 11.6 Å². The second-order valence-electron chi connectivity index (χ2n) is 4.05. The summed E-state index contributed by atoms with van der Waals surface area (Å²) in [6.45, 7) is 0. The predicted octanol–water partition coefficient (Wildman–Crippen LogP) is 2.32. The van der Waals surface area contributed by atoms with Crippen molar-refractivity contribution in [2.24, 2.45) is 0 Å². The molecule has 6 nitrogen and oxygen atoms in total. The molecule has 0 unspecified atom stereocenters. The summed E-state index contributed by atoms with van der Waals surface area (Å²) in [4.78, 5) is 18.2. The minimum absolute atomic E-state index is 0.420. The van der Waals surface area contributed by atoms with Crippen molar-refractivity contribution in [1.29, 1.82) is 0 Å². The lowest BCUT2D eigenvalue weighted by atomic mass is 10.3. The maximum absolute atomic E-state index is 5.75. The van der Waals surface area contributed by atoms with Crippen LogP contribution in [-0.4, -0.2) is 19.9 Å². The largest absolute Gasteiger partial charge is 0.384 e. The molecule has 2 N–H and O–H groups in total. The Morgan fingerprint density at radius 1 is 0.800 bits per heavy atom. The van der Waals surface area contributed by atoms with Crippen LogP contribution in [0.5, 0.6) is 0 Å². The number of hydrogen-bond donors (Lipinski definition) is 1. The summed E-state index contributed by atoms with van der Waals surface area (Å²) >= 11 is 0. The fourth-order valence-electron chi connectivity index (χ4n) is 1.88. The molecular weight excluding hydrogens is 252 g/mol. The Kier molecular flexibility index (Phi) is 3.20. The number of nitrogen functional groups attached to an aromatic ring is 1. The monoisotopic (exact) mass is 264 g/mol. The Bertz CT molecular complexity index is 647. The van der Waals surface area contributed by atoms with Crippen LogP contribution in [0, 0.1) is 0 Å². The van der Waals surface area contributed by atoms with Gasteiger partial charge in [-0.25, -0.2) is 9.97 Å². The average molecular weight is 264 g/mol. The highest BCUT2D eigenvalue weighted by atomic mass is 15.2. The van der Waals surface area contributed by atoms with Crippen LogP contribution >= 0.6 is 0 Å². The third-order valence-electron chi connectivity index (χ3n) is 2.74. The van der Waals surface area contributed by atoms with E-state index in [0.717, 1.165) is 11.4 Å². The van der Waals surface area contributed by atoms with Gasteiger partial charge in [-0.1, -0.05) is 0 Å². The van der Waals surface area contributed by atoms with Crippen molar-refractivity contribution >= 4 is 23.0 Å². The smallest absolute Gasteiger partial charge is 0.143 e. The topological polar surface area (TPSA) is 80.8 Å². The number of aromatic nitrogens is 4. The molecule has 0 bridgehead atoms. The number of nitrogens with two attached hydrogens (primary N) is 1. The molecule has 0 amide bonds. The highest BCUT2D eigenvalue weighted by Gasteiger charge is 2.13. The van der Waals surface area contributed by atoms with Crippen LogP contribution in [0.4, 0.5) is 23.0 Å². The molecule has 0 aliphatic heterocycles. The van der Waals surface area contributed by atoms with Gasteiger partial charge in [-0.15, -0.1) is 0 Å².